The minimum absolute atomic E-state index is 0. The third kappa shape index (κ3) is 8.20. The summed E-state index contributed by atoms with van der Waals surface area (Å²) < 4.78 is 11.0. The first-order valence-electron chi connectivity index (χ1n) is 11.9. The highest BCUT2D eigenvalue weighted by atomic mass is 127. The molecule has 0 aliphatic carbocycles. The van der Waals surface area contributed by atoms with Gasteiger partial charge in [-0.3, -0.25) is 14.7 Å². The number of hydrogen-bond acceptors (Lipinski definition) is 5. The van der Waals surface area contributed by atoms with Crippen molar-refractivity contribution in [3.8, 4) is 11.5 Å². The third-order valence-electron chi connectivity index (χ3n) is 6.15. The summed E-state index contributed by atoms with van der Waals surface area (Å²) in [6, 6.07) is 7.62. The molecule has 2 saturated heterocycles. The molecule has 0 radical (unpaired) electrons. The first-order valence-corrected chi connectivity index (χ1v) is 11.9. The van der Waals surface area contributed by atoms with Crippen molar-refractivity contribution in [3.05, 3.63) is 24.3 Å². The van der Waals surface area contributed by atoms with Gasteiger partial charge in [-0.05, 0) is 38.8 Å². The Morgan fingerprint density at radius 2 is 1.79 bits per heavy atom. The molecule has 0 saturated carbocycles. The minimum Gasteiger partial charge on any atom is -0.497 e. The summed E-state index contributed by atoms with van der Waals surface area (Å²) in [7, 11) is 1.65. The molecule has 3 rings (SSSR count). The molecule has 2 aliphatic heterocycles. The summed E-state index contributed by atoms with van der Waals surface area (Å²) in [5, 5.41) is 3.41. The molecule has 1 aromatic rings. The van der Waals surface area contributed by atoms with Crippen LogP contribution in [0.2, 0.25) is 0 Å². The minimum atomic E-state index is -0.0384. The van der Waals surface area contributed by atoms with E-state index in [-0.39, 0.29) is 35.9 Å². The van der Waals surface area contributed by atoms with Gasteiger partial charge in [0.05, 0.1) is 19.8 Å². The number of ether oxygens (including phenoxy) is 2. The van der Waals surface area contributed by atoms with Gasteiger partial charge in [0, 0.05) is 64.8 Å². The van der Waals surface area contributed by atoms with E-state index in [1.54, 1.807) is 7.11 Å². The number of piperazine rings is 1. The fraction of sp³-hybridized carbons (Fsp3) is 0.667. The Morgan fingerprint density at radius 3 is 2.45 bits per heavy atom. The van der Waals surface area contributed by atoms with Crippen molar-refractivity contribution < 1.29 is 14.3 Å². The van der Waals surface area contributed by atoms with E-state index in [9.17, 15) is 4.79 Å². The van der Waals surface area contributed by atoms with Crippen molar-refractivity contribution in [3.63, 3.8) is 0 Å². The van der Waals surface area contributed by atoms with Crippen LogP contribution in [0.25, 0.3) is 0 Å². The first kappa shape index (κ1) is 27.5. The van der Waals surface area contributed by atoms with Crippen LogP contribution in [0.5, 0.6) is 11.5 Å². The lowest BCUT2D eigenvalue weighted by atomic mass is 10.2. The van der Waals surface area contributed by atoms with E-state index >= 15 is 0 Å². The first-order chi connectivity index (χ1) is 15.6. The molecule has 8 nitrogen and oxygen atoms in total. The van der Waals surface area contributed by atoms with Crippen LogP contribution < -0.4 is 14.8 Å². The maximum Gasteiger partial charge on any atom is 0.239 e. The van der Waals surface area contributed by atoms with Crippen LogP contribution in [0, 0.1) is 0 Å². The van der Waals surface area contributed by atoms with Crippen molar-refractivity contribution in [2.45, 2.75) is 39.2 Å². The Balaban J connectivity index is 0.00000385. The molecular formula is C24H40IN5O3. The van der Waals surface area contributed by atoms with E-state index in [1.807, 2.05) is 29.2 Å². The molecule has 1 unspecified atom stereocenters. The molecule has 9 heteroatoms. The highest BCUT2D eigenvalue weighted by Gasteiger charge is 2.30. The molecule has 186 valence electrons. The van der Waals surface area contributed by atoms with Crippen molar-refractivity contribution in [2.24, 2.45) is 4.99 Å². The highest BCUT2D eigenvalue weighted by molar-refractivity contribution is 14.0. The number of halogens is 1. The number of amides is 1. The van der Waals surface area contributed by atoms with Gasteiger partial charge in [-0.25, -0.2) is 0 Å². The van der Waals surface area contributed by atoms with Crippen LogP contribution in [0.1, 0.15) is 33.1 Å². The SMILES string of the molecule is CCNC(=NCCCOc1cccc(OC)c1)N1CCN(C(C)C(=O)N2CCCC2)CC1.I. The zero-order valence-electron chi connectivity index (χ0n) is 20.3. The van der Waals surface area contributed by atoms with Crippen molar-refractivity contribution in [1.29, 1.82) is 0 Å². The Morgan fingerprint density at radius 1 is 1.09 bits per heavy atom. The molecule has 1 N–H and O–H groups in total. The maximum absolute atomic E-state index is 12.7. The fourth-order valence-electron chi connectivity index (χ4n) is 4.24. The van der Waals surface area contributed by atoms with Gasteiger partial charge < -0.3 is 24.6 Å². The van der Waals surface area contributed by atoms with Crippen molar-refractivity contribution in [2.75, 3.05) is 66.1 Å². The predicted molar refractivity (Wildman–Crippen MR) is 143 cm³/mol. The summed E-state index contributed by atoms with van der Waals surface area (Å²) >= 11 is 0. The third-order valence-corrected chi connectivity index (χ3v) is 6.15. The second kappa shape index (κ2) is 14.5. The Hall–Kier alpha value is -1.75. The number of carbonyl (C=O) groups excluding carboxylic acids is 1. The van der Waals surface area contributed by atoms with Gasteiger partial charge in [0.25, 0.3) is 0 Å². The average Bonchev–Trinajstić information content (AvgIpc) is 3.37. The number of nitrogens with zero attached hydrogens (tertiary/aromatic N) is 4. The van der Waals surface area contributed by atoms with Crippen LogP contribution >= 0.6 is 24.0 Å². The second-order valence-corrected chi connectivity index (χ2v) is 8.35. The normalized spacial score (nSPS) is 18.0. The number of likely N-dealkylation sites (tertiary alicyclic amines) is 1. The monoisotopic (exact) mass is 573 g/mol. The topological polar surface area (TPSA) is 69.6 Å². The Labute approximate surface area is 215 Å². The lowest BCUT2D eigenvalue weighted by Crippen LogP contribution is -2.57. The molecule has 1 aromatic carbocycles. The molecule has 1 amide bonds. The largest absolute Gasteiger partial charge is 0.497 e. The smallest absolute Gasteiger partial charge is 0.239 e. The zero-order chi connectivity index (χ0) is 22.8. The molecular weight excluding hydrogens is 533 g/mol. The van der Waals surface area contributed by atoms with Gasteiger partial charge in [0.1, 0.15) is 11.5 Å². The summed E-state index contributed by atoms with van der Waals surface area (Å²) in [5.74, 6) is 2.85. The fourth-order valence-corrected chi connectivity index (χ4v) is 4.24. The van der Waals surface area contributed by atoms with Gasteiger partial charge in [0.15, 0.2) is 5.96 Å². The number of hydrogen-bond donors (Lipinski definition) is 1. The van der Waals surface area contributed by atoms with Gasteiger partial charge in [-0.15, -0.1) is 24.0 Å². The summed E-state index contributed by atoms with van der Waals surface area (Å²) in [6.45, 7) is 11.7. The van der Waals surface area contributed by atoms with Gasteiger partial charge in [-0.2, -0.15) is 0 Å². The summed E-state index contributed by atoms with van der Waals surface area (Å²) in [5.41, 5.74) is 0. The summed E-state index contributed by atoms with van der Waals surface area (Å²) in [6.07, 6.45) is 3.12. The number of benzene rings is 1. The number of methoxy groups -OCH3 is 1. The van der Waals surface area contributed by atoms with Gasteiger partial charge in [0.2, 0.25) is 5.91 Å². The lowest BCUT2D eigenvalue weighted by Gasteiger charge is -2.39. The average molecular weight is 574 g/mol. The number of guanidine groups is 1. The summed E-state index contributed by atoms with van der Waals surface area (Å²) in [4.78, 5) is 24.2. The van der Waals surface area contributed by atoms with Crippen LogP contribution in [0.4, 0.5) is 0 Å². The second-order valence-electron chi connectivity index (χ2n) is 8.35. The standard InChI is InChI=1S/C24H39N5O3.HI/c1-4-25-24(26-11-8-18-32-22-10-7-9-21(19-22)31-3)29-16-14-27(15-17-29)20(2)23(30)28-12-5-6-13-28;/h7,9-10,19-20H,4-6,8,11-18H2,1-3H3,(H,25,26);1H. The Bertz CT molecular complexity index is 749. The number of aliphatic imine (C=N–C) groups is 1. The zero-order valence-corrected chi connectivity index (χ0v) is 22.6. The number of carbonyl (C=O) groups is 1. The molecule has 2 aliphatic rings. The number of nitrogens with one attached hydrogen (secondary N) is 1. The lowest BCUT2D eigenvalue weighted by molar-refractivity contribution is -0.135. The molecule has 33 heavy (non-hydrogen) atoms. The molecule has 2 heterocycles. The van der Waals surface area contributed by atoms with Crippen molar-refractivity contribution >= 4 is 35.8 Å². The quantitative estimate of drug-likeness (QED) is 0.212. The molecule has 0 aromatic heterocycles. The highest BCUT2D eigenvalue weighted by Crippen LogP contribution is 2.19. The van der Waals surface area contributed by atoms with Gasteiger partial charge >= 0.3 is 0 Å². The maximum atomic E-state index is 12.7. The van der Waals surface area contributed by atoms with Crippen molar-refractivity contribution in [1.82, 2.24) is 20.0 Å². The van der Waals surface area contributed by atoms with Gasteiger partial charge in [-0.1, -0.05) is 6.07 Å². The molecule has 0 spiro atoms. The molecule has 2 fully saturated rings. The van der Waals surface area contributed by atoms with Crippen LogP contribution in [0.15, 0.2) is 29.3 Å². The predicted octanol–water partition coefficient (Wildman–Crippen LogP) is 2.68. The van der Waals surface area contributed by atoms with Crippen LogP contribution in [0.3, 0.4) is 0 Å². The van der Waals surface area contributed by atoms with E-state index in [4.69, 9.17) is 14.5 Å². The Kier molecular flexibility index (Phi) is 12.1. The molecule has 1 atom stereocenters. The van der Waals surface area contributed by atoms with E-state index in [0.717, 1.165) is 82.5 Å². The van der Waals surface area contributed by atoms with E-state index in [2.05, 4.69) is 29.0 Å². The number of rotatable bonds is 9. The van der Waals surface area contributed by atoms with E-state index in [1.165, 1.54) is 0 Å². The van der Waals surface area contributed by atoms with E-state index < -0.39 is 0 Å². The van der Waals surface area contributed by atoms with Crippen LogP contribution in [-0.2, 0) is 4.79 Å². The van der Waals surface area contributed by atoms with E-state index in [0.29, 0.717) is 13.2 Å². The molecule has 0 bridgehead atoms. The van der Waals surface area contributed by atoms with Crippen LogP contribution in [-0.4, -0.2) is 98.7 Å².